The molecule has 19 heavy (non-hydrogen) atoms. The van der Waals surface area contributed by atoms with Crippen molar-refractivity contribution in [2.24, 2.45) is 0 Å². The highest BCUT2D eigenvalue weighted by Gasteiger charge is 2.24. The molecule has 0 aromatic carbocycles. The van der Waals surface area contributed by atoms with E-state index in [1.54, 1.807) is 37.6 Å². The van der Waals surface area contributed by atoms with E-state index in [9.17, 15) is 14.7 Å². The minimum absolute atomic E-state index is 0.274. The zero-order valence-electron chi connectivity index (χ0n) is 11.0. The van der Waals surface area contributed by atoms with Gasteiger partial charge in [0.05, 0.1) is 12.5 Å². The van der Waals surface area contributed by atoms with Gasteiger partial charge in [0.15, 0.2) is 6.04 Å². The third kappa shape index (κ3) is 5.96. The SMILES string of the molecule is CC(C)OC(=O)[C@@H](CC(=O)[O-])[NH2+]Cc1cccnc1. The summed E-state index contributed by atoms with van der Waals surface area (Å²) in [7, 11) is 0. The van der Waals surface area contributed by atoms with Crippen LogP contribution in [0.1, 0.15) is 25.8 Å². The molecule has 0 bridgehead atoms. The van der Waals surface area contributed by atoms with Gasteiger partial charge in [-0.25, -0.2) is 4.79 Å². The zero-order valence-corrected chi connectivity index (χ0v) is 11.0. The number of pyridine rings is 1. The van der Waals surface area contributed by atoms with Gasteiger partial charge in [-0.1, -0.05) is 6.07 Å². The van der Waals surface area contributed by atoms with E-state index in [1.165, 1.54) is 0 Å². The number of hydrogen-bond acceptors (Lipinski definition) is 5. The molecule has 104 valence electrons. The Labute approximate surface area is 111 Å². The number of rotatable bonds is 7. The molecule has 0 fully saturated rings. The third-order valence-corrected chi connectivity index (χ3v) is 2.40. The highest BCUT2D eigenvalue weighted by Crippen LogP contribution is 1.97. The number of aromatic nitrogens is 1. The van der Waals surface area contributed by atoms with Crippen LogP contribution in [-0.4, -0.2) is 29.1 Å². The number of esters is 1. The van der Waals surface area contributed by atoms with Crippen molar-refractivity contribution in [2.45, 2.75) is 39.0 Å². The smallest absolute Gasteiger partial charge is 0.365 e. The number of nitrogens with two attached hydrogens (primary N) is 1. The maximum atomic E-state index is 11.8. The summed E-state index contributed by atoms with van der Waals surface area (Å²) in [6.07, 6.45) is 2.67. The van der Waals surface area contributed by atoms with Crippen LogP contribution >= 0.6 is 0 Å². The first-order valence-electron chi connectivity index (χ1n) is 6.11. The molecule has 1 rings (SSSR count). The van der Waals surface area contributed by atoms with Gasteiger partial charge in [-0.3, -0.25) is 4.98 Å². The predicted molar refractivity (Wildman–Crippen MR) is 64.5 cm³/mol. The van der Waals surface area contributed by atoms with E-state index in [-0.39, 0.29) is 12.5 Å². The number of ether oxygens (including phenoxy) is 1. The first-order chi connectivity index (χ1) is 8.99. The summed E-state index contributed by atoms with van der Waals surface area (Å²) in [5.74, 6) is -1.81. The highest BCUT2D eigenvalue weighted by molar-refractivity contribution is 5.79. The molecule has 1 atom stereocenters. The van der Waals surface area contributed by atoms with Crippen molar-refractivity contribution in [3.63, 3.8) is 0 Å². The van der Waals surface area contributed by atoms with Gasteiger partial charge >= 0.3 is 5.97 Å². The van der Waals surface area contributed by atoms with E-state index in [2.05, 4.69) is 4.98 Å². The van der Waals surface area contributed by atoms with Gasteiger partial charge in [0.2, 0.25) is 0 Å². The van der Waals surface area contributed by atoms with Crippen molar-refractivity contribution >= 4 is 11.9 Å². The molecule has 0 saturated carbocycles. The number of carbonyl (C=O) groups excluding carboxylic acids is 2. The van der Waals surface area contributed by atoms with Gasteiger partial charge in [-0.2, -0.15) is 0 Å². The minimum atomic E-state index is -1.27. The monoisotopic (exact) mass is 266 g/mol. The molecule has 1 aromatic heterocycles. The van der Waals surface area contributed by atoms with Gasteiger partial charge in [0, 0.05) is 23.9 Å². The van der Waals surface area contributed by atoms with Crippen LogP contribution in [0.2, 0.25) is 0 Å². The van der Waals surface area contributed by atoms with Crippen LogP contribution in [0.15, 0.2) is 24.5 Å². The Morgan fingerprint density at radius 2 is 2.21 bits per heavy atom. The fourth-order valence-electron chi connectivity index (χ4n) is 1.56. The molecule has 0 aliphatic rings. The number of carboxylic acid groups (broad SMARTS) is 1. The zero-order chi connectivity index (χ0) is 14.3. The van der Waals surface area contributed by atoms with E-state index in [0.29, 0.717) is 6.54 Å². The lowest BCUT2D eigenvalue weighted by Crippen LogP contribution is -2.91. The number of quaternary nitrogens is 1. The van der Waals surface area contributed by atoms with Crippen molar-refractivity contribution in [1.29, 1.82) is 0 Å². The van der Waals surface area contributed by atoms with Crippen LogP contribution in [0.5, 0.6) is 0 Å². The fourth-order valence-corrected chi connectivity index (χ4v) is 1.56. The molecule has 6 heteroatoms. The van der Waals surface area contributed by atoms with Crippen molar-refractivity contribution in [2.75, 3.05) is 0 Å². The Balaban J connectivity index is 2.59. The number of aliphatic carboxylic acids is 1. The van der Waals surface area contributed by atoms with E-state index in [0.717, 1.165) is 5.56 Å². The van der Waals surface area contributed by atoms with Gasteiger partial charge in [0.25, 0.3) is 0 Å². The van der Waals surface area contributed by atoms with E-state index >= 15 is 0 Å². The summed E-state index contributed by atoms with van der Waals surface area (Å²) >= 11 is 0. The van der Waals surface area contributed by atoms with Crippen molar-refractivity contribution in [3.05, 3.63) is 30.1 Å². The van der Waals surface area contributed by atoms with E-state index < -0.39 is 18.0 Å². The van der Waals surface area contributed by atoms with Crippen LogP contribution < -0.4 is 10.4 Å². The standard InChI is InChI=1S/C13H18N2O4/c1-9(2)19-13(18)11(6-12(16)17)15-8-10-4-3-5-14-7-10/h3-5,7,9,11,15H,6,8H2,1-2H3,(H,16,17)/t11-/m1/s1. The summed E-state index contributed by atoms with van der Waals surface area (Å²) in [4.78, 5) is 26.4. The maximum Gasteiger partial charge on any atom is 0.365 e. The molecule has 1 aromatic rings. The molecular formula is C13H18N2O4. The average Bonchev–Trinajstić information content (AvgIpc) is 2.34. The first-order valence-corrected chi connectivity index (χ1v) is 6.11. The molecule has 0 aliphatic carbocycles. The summed E-state index contributed by atoms with van der Waals surface area (Å²) in [6.45, 7) is 3.89. The summed E-state index contributed by atoms with van der Waals surface area (Å²) in [5, 5.41) is 12.3. The molecule has 0 aliphatic heterocycles. The Kier molecular flexibility index (Phi) is 5.95. The molecule has 0 saturated heterocycles. The van der Waals surface area contributed by atoms with Crippen molar-refractivity contribution in [1.82, 2.24) is 4.98 Å². The topological polar surface area (TPSA) is 95.9 Å². The summed E-state index contributed by atoms with van der Waals surface area (Å²) in [5.41, 5.74) is 0.906. The van der Waals surface area contributed by atoms with Crippen LogP contribution in [0.3, 0.4) is 0 Å². The van der Waals surface area contributed by atoms with Crippen molar-refractivity contribution < 1.29 is 24.7 Å². The lowest BCUT2D eigenvalue weighted by molar-refractivity contribution is -0.693. The first kappa shape index (κ1) is 15.1. The maximum absolute atomic E-state index is 11.8. The third-order valence-electron chi connectivity index (χ3n) is 2.40. The second kappa shape index (κ2) is 7.48. The number of carboxylic acids is 1. The molecule has 1 heterocycles. The second-order valence-electron chi connectivity index (χ2n) is 4.47. The van der Waals surface area contributed by atoms with Gasteiger partial charge in [0.1, 0.15) is 6.54 Å². The average molecular weight is 266 g/mol. The van der Waals surface area contributed by atoms with Crippen LogP contribution in [0, 0.1) is 0 Å². The molecule has 0 spiro atoms. The van der Waals surface area contributed by atoms with Crippen LogP contribution in [-0.2, 0) is 20.9 Å². The van der Waals surface area contributed by atoms with Crippen molar-refractivity contribution in [3.8, 4) is 0 Å². The molecule has 0 amide bonds. The normalized spacial score (nSPS) is 12.2. The molecule has 2 N–H and O–H groups in total. The van der Waals surface area contributed by atoms with Crippen LogP contribution in [0.4, 0.5) is 0 Å². The number of nitrogens with zero attached hydrogens (tertiary/aromatic N) is 1. The Morgan fingerprint density at radius 1 is 1.47 bits per heavy atom. The lowest BCUT2D eigenvalue weighted by atomic mass is 10.2. The van der Waals surface area contributed by atoms with Gasteiger partial charge in [-0.15, -0.1) is 0 Å². The second-order valence-corrected chi connectivity index (χ2v) is 4.47. The lowest BCUT2D eigenvalue weighted by Gasteiger charge is -2.16. The fraction of sp³-hybridized carbons (Fsp3) is 0.462. The molecule has 6 nitrogen and oxygen atoms in total. The van der Waals surface area contributed by atoms with E-state index in [1.807, 2.05) is 6.07 Å². The van der Waals surface area contributed by atoms with Crippen LogP contribution in [0.25, 0.3) is 0 Å². The molecular weight excluding hydrogens is 248 g/mol. The Bertz CT molecular complexity index is 420. The largest absolute Gasteiger partial charge is 0.550 e. The highest BCUT2D eigenvalue weighted by atomic mass is 16.5. The number of carbonyl (C=O) groups is 2. The number of hydrogen-bond donors (Lipinski definition) is 1. The molecule has 0 unspecified atom stereocenters. The predicted octanol–water partition coefficient (Wildman–Crippen LogP) is -1.39. The van der Waals surface area contributed by atoms with Gasteiger partial charge < -0.3 is 20.0 Å². The quantitative estimate of drug-likeness (QED) is 0.613. The summed E-state index contributed by atoms with van der Waals surface area (Å²) in [6, 6.07) is 2.84. The van der Waals surface area contributed by atoms with Gasteiger partial charge in [-0.05, 0) is 19.9 Å². The Morgan fingerprint density at radius 3 is 2.74 bits per heavy atom. The summed E-state index contributed by atoms with van der Waals surface area (Å²) < 4.78 is 5.02. The minimum Gasteiger partial charge on any atom is -0.550 e. The Hall–Kier alpha value is -1.95. The van der Waals surface area contributed by atoms with E-state index in [4.69, 9.17) is 4.74 Å². The molecule has 0 radical (unpaired) electrons.